The molecule has 27 heavy (non-hydrogen) atoms. The highest BCUT2D eigenvalue weighted by Crippen LogP contribution is 2.29. The van der Waals surface area contributed by atoms with E-state index in [1.54, 1.807) is 14.2 Å². The third kappa shape index (κ3) is 7.82. The third-order valence-electron chi connectivity index (χ3n) is 4.31. The van der Waals surface area contributed by atoms with E-state index in [0.717, 1.165) is 43.2 Å². The van der Waals surface area contributed by atoms with Gasteiger partial charge in [0.15, 0.2) is 5.96 Å². The number of hydrogen-bond donors (Lipinski definition) is 1. The van der Waals surface area contributed by atoms with E-state index in [2.05, 4.69) is 15.2 Å². The first-order chi connectivity index (χ1) is 12.4. The lowest BCUT2D eigenvalue weighted by Crippen LogP contribution is -2.39. The lowest BCUT2D eigenvalue weighted by molar-refractivity contribution is -0.137. The van der Waals surface area contributed by atoms with Crippen LogP contribution in [0.25, 0.3) is 0 Å². The number of halogens is 4. The van der Waals surface area contributed by atoms with E-state index in [1.165, 1.54) is 12.1 Å². The van der Waals surface area contributed by atoms with Crippen molar-refractivity contribution in [1.29, 1.82) is 0 Å². The Morgan fingerprint density at radius 2 is 1.96 bits per heavy atom. The lowest BCUT2D eigenvalue weighted by atomic mass is 10.1. The largest absolute Gasteiger partial charge is 0.416 e. The average Bonchev–Trinajstić information content (AvgIpc) is 3.08. The Kier molecular flexibility index (Phi) is 10.4. The molecule has 0 bridgehead atoms. The van der Waals surface area contributed by atoms with Crippen molar-refractivity contribution in [3.8, 4) is 0 Å². The number of alkyl halides is 3. The topological polar surface area (TPSA) is 46.1 Å². The fourth-order valence-corrected chi connectivity index (χ4v) is 2.88. The Morgan fingerprint density at radius 1 is 1.26 bits per heavy atom. The van der Waals surface area contributed by atoms with Crippen LogP contribution in [-0.4, -0.2) is 57.9 Å². The van der Waals surface area contributed by atoms with E-state index < -0.39 is 11.7 Å². The molecule has 1 fully saturated rings. The first kappa shape index (κ1) is 24.0. The highest BCUT2D eigenvalue weighted by molar-refractivity contribution is 14.0. The predicted octanol–water partition coefficient (Wildman–Crippen LogP) is 3.38. The van der Waals surface area contributed by atoms with E-state index in [4.69, 9.17) is 9.47 Å². The Hall–Kier alpha value is -1.07. The predicted molar refractivity (Wildman–Crippen MR) is 109 cm³/mol. The number of nitrogens with one attached hydrogen (secondary N) is 1. The molecule has 9 heteroatoms. The van der Waals surface area contributed by atoms with Crippen LogP contribution in [0.4, 0.5) is 13.2 Å². The minimum atomic E-state index is -4.31. The molecule has 1 N–H and O–H groups in total. The number of ether oxygens (including phenoxy) is 2. The maximum absolute atomic E-state index is 12.6. The maximum atomic E-state index is 12.6. The van der Waals surface area contributed by atoms with E-state index in [0.29, 0.717) is 32.3 Å². The summed E-state index contributed by atoms with van der Waals surface area (Å²) in [5.41, 5.74) is 0.138. The summed E-state index contributed by atoms with van der Waals surface area (Å²) in [5.74, 6) is 1.20. The number of hydrogen-bond acceptors (Lipinski definition) is 3. The number of methoxy groups -OCH3 is 1. The molecule has 1 aliphatic rings. The molecule has 1 aromatic carbocycles. The number of aliphatic imine (C=N–C) groups is 1. The number of benzene rings is 1. The maximum Gasteiger partial charge on any atom is 0.416 e. The molecule has 0 saturated carbocycles. The van der Waals surface area contributed by atoms with E-state index in [-0.39, 0.29) is 24.0 Å². The fraction of sp³-hybridized carbons (Fsp3) is 0.611. The van der Waals surface area contributed by atoms with Crippen molar-refractivity contribution < 1.29 is 22.6 Å². The summed E-state index contributed by atoms with van der Waals surface area (Å²) in [5, 5.41) is 3.22. The molecule has 2 rings (SSSR count). The van der Waals surface area contributed by atoms with Gasteiger partial charge in [-0.25, -0.2) is 0 Å². The standard InChI is InChI=1S/C18H26F3N3O2.HI/c1-22-17(24-8-7-15(12-24)13-26-10-9-25-2)23-11-14-3-5-16(6-4-14)18(19,20)21;/h3-6,15H,7-13H2,1-2H3,(H,22,23);1H. The molecule has 1 heterocycles. The van der Waals surface area contributed by atoms with Crippen LogP contribution in [0.15, 0.2) is 29.3 Å². The van der Waals surface area contributed by atoms with Crippen molar-refractivity contribution >= 4 is 29.9 Å². The molecule has 1 aliphatic heterocycles. The molecular formula is C18H27F3IN3O2. The first-order valence-corrected chi connectivity index (χ1v) is 8.62. The van der Waals surface area contributed by atoms with Crippen LogP contribution in [0.3, 0.4) is 0 Å². The van der Waals surface area contributed by atoms with Crippen molar-refractivity contribution in [1.82, 2.24) is 10.2 Å². The molecule has 0 amide bonds. The van der Waals surface area contributed by atoms with Crippen molar-refractivity contribution in [2.45, 2.75) is 19.1 Å². The third-order valence-corrected chi connectivity index (χ3v) is 4.31. The summed E-state index contributed by atoms with van der Waals surface area (Å²) < 4.78 is 48.3. The Labute approximate surface area is 175 Å². The molecule has 1 atom stereocenters. The van der Waals surface area contributed by atoms with Crippen LogP contribution in [0, 0.1) is 5.92 Å². The van der Waals surface area contributed by atoms with E-state index in [9.17, 15) is 13.2 Å². The smallest absolute Gasteiger partial charge is 0.382 e. The number of nitrogens with zero attached hydrogens (tertiary/aromatic N) is 2. The average molecular weight is 501 g/mol. The minimum Gasteiger partial charge on any atom is -0.382 e. The summed E-state index contributed by atoms with van der Waals surface area (Å²) >= 11 is 0. The van der Waals surface area contributed by atoms with Gasteiger partial charge in [-0.15, -0.1) is 24.0 Å². The second kappa shape index (κ2) is 11.7. The molecule has 0 aromatic heterocycles. The summed E-state index contributed by atoms with van der Waals surface area (Å²) in [6.07, 6.45) is -3.29. The van der Waals surface area contributed by atoms with Gasteiger partial charge in [0.05, 0.1) is 25.4 Å². The molecular weight excluding hydrogens is 474 g/mol. The minimum absolute atomic E-state index is 0. The van der Waals surface area contributed by atoms with Gasteiger partial charge < -0.3 is 19.7 Å². The van der Waals surface area contributed by atoms with Gasteiger partial charge in [-0.2, -0.15) is 13.2 Å². The summed E-state index contributed by atoms with van der Waals surface area (Å²) in [7, 11) is 3.35. The van der Waals surface area contributed by atoms with Gasteiger partial charge >= 0.3 is 6.18 Å². The van der Waals surface area contributed by atoms with Gasteiger partial charge in [-0.3, -0.25) is 4.99 Å². The first-order valence-electron chi connectivity index (χ1n) is 8.62. The van der Waals surface area contributed by atoms with Gasteiger partial charge in [0.2, 0.25) is 0 Å². The molecule has 1 aromatic rings. The molecule has 1 saturated heterocycles. The second-order valence-electron chi connectivity index (χ2n) is 6.26. The van der Waals surface area contributed by atoms with Gasteiger partial charge in [0.1, 0.15) is 0 Å². The Balaban J connectivity index is 0.00000364. The molecule has 0 spiro atoms. The quantitative estimate of drug-likeness (QED) is 0.270. The molecule has 0 radical (unpaired) electrons. The van der Waals surface area contributed by atoms with Crippen molar-refractivity contribution in [3.05, 3.63) is 35.4 Å². The van der Waals surface area contributed by atoms with Crippen molar-refractivity contribution in [2.24, 2.45) is 10.9 Å². The van der Waals surface area contributed by atoms with Crippen LogP contribution >= 0.6 is 24.0 Å². The normalized spacial score (nSPS) is 17.7. The highest BCUT2D eigenvalue weighted by atomic mass is 127. The zero-order chi connectivity index (χ0) is 19.0. The van der Waals surface area contributed by atoms with Crippen molar-refractivity contribution in [2.75, 3.05) is 47.1 Å². The zero-order valence-corrected chi connectivity index (χ0v) is 17.9. The number of rotatable bonds is 7. The van der Waals surface area contributed by atoms with E-state index >= 15 is 0 Å². The van der Waals surface area contributed by atoms with Gasteiger partial charge in [0, 0.05) is 39.7 Å². The Morgan fingerprint density at radius 3 is 2.56 bits per heavy atom. The van der Waals surface area contributed by atoms with Gasteiger partial charge in [0.25, 0.3) is 0 Å². The number of likely N-dealkylation sites (tertiary alicyclic amines) is 1. The van der Waals surface area contributed by atoms with Crippen LogP contribution in [0.1, 0.15) is 17.5 Å². The molecule has 1 unspecified atom stereocenters. The fourth-order valence-electron chi connectivity index (χ4n) is 2.88. The molecule has 5 nitrogen and oxygen atoms in total. The monoisotopic (exact) mass is 501 g/mol. The SMILES string of the molecule is CN=C(NCc1ccc(C(F)(F)F)cc1)N1CCC(COCCOC)C1.I. The van der Waals surface area contributed by atoms with E-state index in [1.807, 2.05) is 0 Å². The van der Waals surface area contributed by atoms with Gasteiger partial charge in [-0.1, -0.05) is 12.1 Å². The molecule has 0 aliphatic carbocycles. The summed E-state index contributed by atoms with van der Waals surface area (Å²) in [6.45, 7) is 4.03. The Bertz CT molecular complexity index is 582. The van der Waals surface area contributed by atoms with Gasteiger partial charge in [-0.05, 0) is 24.1 Å². The number of guanidine groups is 1. The highest BCUT2D eigenvalue weighted by Gasteiger charge is 2.30. The zero-order valence-electron chi connectivity index (χ0n) is 15.6. The lowest BCUT2D eigenvalue weighted by Gasteiger charge is -2.22. The second-order valence-corrected chi connectivity index (χ2v) is 6.26. The van der Waals surface area contributed by atoms with Crippen LogP contribution < -0.4 is 5.32 Å². The summed E-state index contributed by atoms with van der Waals surface area (Å²) in [4.78, 5) is 6.42. The molecule has 154 valence electrons. The van der Waals surface area contributed by atoms with Crippen LogP contribution in [-0.2, 0) is 22.2 Å². The van der Waals surface area contributed by atoms with Crippen LogP contribution in [0.2, 0.25) is 0 Å². The van der Waals surface area contributed by atoms with Crippen molar-refractivity contribution in [3.63, 3.8) is 0 Å². The summed E-state index contributed by atoms with van der Waals surface area (Å²) in [6, 6.07) is 5.17. The van der Waals surface area contributed by atoms with Crippen LogP contribution in [0.5, 0.6) is 0 Å².